The molecule has 1 aliphatic heterocycles. The SMILES string of the molecule is O=C(NCCCN1CCOCC1)c1ccc(NC2CC2)c([N+](=O)[O-])c1. The molecule has 0 atom stereocenters. The number of nitro groups is 1. The number of hydrogen-bond donors (Lipinski definition) is 2. The number of benzene rings is 1. The van der Waals surface area contributed by atoms with Gasteiger partial charge in [0.15, 0.2) is 0 Å². The molecule has 1 aliphatic carbocycles. The van der Waals surface area contributed by atoms with Gasteiger partial charge in [-0.2, -0.15) is 0 Å². The highest BCUT2D eigenvalue weighted by molar-refractivity contribution is 5.95. The van der Waals surface area contributed by atoms with Gasteiger partial charge in [-0.25, -0.2) is 0 Å². The molecular weight excluding hydrogens is 324 g/mol. The summed E-state index contributed by atoms with van der Waals surface area (Å²) in [5, 5.41) is 17.2. The minimum Gasteiger partial charge on any atom is -0.379 e. The highest BCUT2D eigenvalue weighted by Gasteiger charge is 2.25. The highest BCUT2D eigenvalue weighted by Crippen LogP contribution is 2.31. The second-order valence-corrected chi connectivity index (χ2v) is 6.47. The van der Waals surface area contributed by atoms with Crippen molar-refractivity contribution in [2.24, 2.45) is 0 Å². The van der Waals surface area contributed by atoms with Crippen LogP contribution >= 0.6 is 0 Å². The first-order valence-corrected chi connectivity index (χ1v) is 8.77. The second-order valence-electron chi connectivity index (χ2n) is 6.47. The van der Waals surface area contributed by atoms with Gasteiger partial charge in [0, 0.05) is 37.3 Å². The zero-order valence-electron chi connectivity index (χ0n) is 14.2. The molecule has 0 unspecified atom stereocenters. The van der Waals surface area contributed by atoms with Crippen LogP contribution in [0.5, 0.6) is 0 Å². The van der Waals surface area contributed by atoms with E-state index in [0.717, 1.165) is 52.1 Å². The maximum Gasteiger partial charge on any atom is 0.293 e. The topological polar surface area (TPSA) is 96.7 Å². The standard InChI is InChI=1S/C17H24N4O4/c22-17(18-6-1-7-20-8-10-25-11-9-20)13-2-5-15(19-14-3-4-14)16(12-13)21(23)24/h2,5,12,14,19H,1,3-4,6-11H2,(H,18,22). The third-order valence-electron chi connectivity index (χ3n) is 4.43. The van der Waals surface area contributed by atoms with E-state index in [1.54, 1.807) is 12.1 Å². The largest absolute Gasteiger partial charge is 0.379 e. The fraction of sp³-hybridized carbons (Fsp3) is 0.588. The van der Waals surface area contributed by atoms with Gasteiger partial charge in [-0.1, -0.05) is 0 Å². The first-order valence-electron chi connectivity index (χ1n) is 8.77. The van der Waals surface area contributed by atoms with Crippen LogP contribution in [0.3, 0.4) is 0 Å². The summed E-state index contributed by atoms with van der Waals surface area (Å²) in [4.78, 5) is 25.3. The van der Waals surface area contributed by atoms with Crippen molar-refractivity contribution in [2.45, 2.75) is 25.3 Å². The van der Waals surface area contributed by atoms with E-state index < -0.39 is 4.92 Å². The average Bonchev–Trinajstić information content (AvgIpc) is 3.43. The summed E-state index contributed by atoms with van der Waals surface area (Å²) in [6.07, 6.45) is 2.90. The van der Waals surface area contributed by atoms with Crippen molar-refractivity contribution < 1.29 is 14.5 Å². The van der Waals surface area contributed by atoms with E-state index in [4.69, 9.17) is 4.74 Å². The van der Waals surface area contributed by atoms with E-state index in [0.29, 0.717) is 23.8 Å². The number of carbonyl (C=O) groups excluding carboxylic acids is 1. The Balaban J connectivity index is 1.50. The van der Waals surface area contributed by atoms with Crippen LogP contribution in [0, 0.1) is 10.1 Å². The number of carbonyl (C=O) groups is 1. The highest BCUT2D eigenvalue weighted by atomic mass is 16.6. The zero-order valence-corrected chi connectivity index (χ0v) is 14.2. The molecular formula is C17H24N4O4. The van der Waals surface area contributed by atoms with Crippen molar-refractivity contribution in [1.29, 1.82) is 0 Å². The Morgan fingerprint density at radius 1 is 1.32 bits per heavy atom. The van der Waals surface area contributed by atoms with Crippen molar-refractivity contribution in [3.8, 4) is 0 Å². The Morgan fingerprint density at radius 3 is 2.76 bits per heavy atom. The van der Waals surface area contributed by atoms with Crippen LogP contribution < -0.4 is 10.6 Å². The van der Waals surface area contributed by atoms with Crippen LogP contribution in [0.2, 0.25) is 0 Å². The third kappa shape index (κ3) is 5.14. The van der Waals surface area contributed by atoms with Crippen molar-refractivity contribution in [3.63, 3.8) is 0 Å². The fourth-order valence-corrected chi connectivity index (χ4v) is 2.82. The molecule has 1 aromatic rings. The zero-order chi connectivity index (χ0) is 17.6. The van der Waals surface area contributed by atoms with Crippen LogP contribution in [0.25, 0.3) is 0 Å². The van der Waals surface area contributed by atoms with Gasteiger partial charge in [-0.3, -0.25) is 19.8 Å². The Kier molecular flexibility index (Phi) is 5.83. The minimum absolute atomic E-state index is 0.0483. The molecule has 2 N–H and O–H groups in total. The van der Waals surface area contributed by atoms with Crippen LogP contribution in [0.15, 0.2) is 18.2 Å². The summed E-state index contributed by atoms with van der Waals surface area (Å²) < 4.78 is 5.30. The molecule has 1 heterocycles. The number of hydrogen-bond acceptors (Lipinski definition) is 6. The maximum absolute atomic E-state index is 12.2. The van der Waals surface area contributed by atoms with Gasteiger partial charge in [-0.15, -0.1) is 0 Å². The van der Waals surface area contributed by atoms with E-state index in [9.17, 15) is 14.9 Å². The lowest BCUT2D eigenvalue weighted by molar-refractivity contribution is -0.384. The van der Waals surface area contributed by atoms with Gasteiger partial charge in [0.1, 0.15) is 5.69 Å². The molecule has 2 fully saturated rings. The molecule has 0 aromatic heterocycles. The van der Waals surface area contributed by atoms with Crippen LogP contribution in [0.4, 0.5) is 11.4 Å². The summed E-state index contributed by atoms with van der Waals surface area (Å²) in [6, 6.07) is 4.93. The molecule has 8 nitrogen and oxygen atoms in total. The Morgan fingerprint density at radius 2 is 2.08 bits per heavy atom. The Bertz CT molecular complexity index is 627. The average molecular weight is 348 g/mol. The number of anilines is 1. The van der Waals surface area contributed by atoms with Crippen molar-refractivity contribution in [2.75, 3.05) is 44.7 Å². The maximum atomic E-state index is 12.2. The molecule has 1 amide bonds. The Hall–Kier alpha value is -2.19. The molecule has 25 heavy (non-hydrogen) atoms. The molecule has 1 saturated heterocycles. The molecule has 0 radical (unpaired) electrons. The first kappa shape index (κ1) is 17.6. The predicted molar refractivity (Wildman–Crippen MR) is 94.0 cm³/mol. The van der Waals surface area contributed by atoms with Gasteiger partial charge in [-0.05, 0) is 37.9 Å². The summed E-state index contributed by atoms with van der Waals surface area (Å²) in [5.41, 5.74) is 0.753. The number of rotatable bonds is 8. The van der Waals surface area contributed by atoms with Gasteiger partial charge in [0.25, 0.3) is 11.6 Å². The van der Waals surface area contributed by atoms with Gasteiger partial charge in [0.05, 0.1) is 18.1 Å². The quantitative estimate of drug-likeness (QED) is 0.421. The molecule has 0 bridgehead atoms. The van der Waals surface area contributed by atoms with Crippen LogP contribution in [-0.2, 0) is 4.74 Å². The second kappa shape index (κ2) is 8.26. The molecule has 0 spiro atoms. The van der Waals surface area contributed by atoms with Gasteiger partial charge in [0.2, 0.25) is 0 Å². The number of ether oxygens (including phenoxy) is 1. The number of morpholine rings is 1. The molecule has 136 valence electrons. The summed E-state index contributed by atoms with van der Waals surface area (Å²) in [7, 11) is 0. The van der Waals surface area contributed by atoms with E-state index in [-0.39, 0.29) is 11.6 Å². The first-order chi connectivity index (χ1) is 12.1. The number of nitro benzene ring substituents is 1. The fourth-order valence-electron chi connectivity index (χ4n) is 2.82. The van der Waals surface area contributed by atoms with Gasteiger partial charge >= 0.3 is 0 Å². The van der Waals surface area contributed by atoms with Gasteiger partial charge < -0.3 is 15.4 Å². The van der Waals surface area contributed by atoms with E-state index in [1.165, 1.54) is 6.07 Å². The van der Waals surface area contributed by atoms with E-state index >= 15 is 0 Å². The number of nitrogens with one attached hydrogen (secondary N) is 2. The summed E-state index contributed by atoms with van der Waals surface area (Å²) >= 11 is 0. The molecule has 8 heteroatoms. The molecule has 2 aliphatic rings. The normalized spacial score (nSPS) is 17.9. The number of nitrogens with zero attached hydrogens (tertiary/aromatic N) is 2. The lowest BCUT2D eigenvalue weighted by Gasteiger charge is -2.26. The lowest BCUT2D eigenvalue weighted by atomic mass is 10.1. The van der Waals surface area contributed by atoms with Crippen LogP contribution in [-0.4, -0.2) is 61.2 Å². The molecule has 3 rings (SSSR count). The monoisotopic (exact) mass is 348 g/mol. The van der Waals surface area contributed by atoms with E-state index in [2.05, 4.69) is 15.5 Å². The van der Waals surface area contributed by atoms with E-state index in [1.807, 2.05) is 0 Å². The van der Waals surface area contributed by atoms with Crippen molar-refractivity contribution >= 4 is 17.3 Å². The van der Waals surface area contributed by atoms with Crippen molar-refractivity contribution in [3.05, 3.63) is 33.9 Å². The number of amides is 1. The summed E-state index contributed by atoms with van der Waals surface area (Å²) in [6.45, 7) is 4.83. The lowest BCUT2D eigenvalue weighted by Crippen LogP contribution is -2.38. The summed E-state index contributed by atoms with van der Waals surface area (Å²) in [5.74, 6) is -0.275. The van der Waals surface area contributed by atoms with Crippen LogP contribution in [0.1, 0.15) is 29.6 Å². The molecule has 1 saturated carbocycles. The molecule has 1 aromatic carbocycles. The third-order valence-corrected chi connectivity index (χ3v) is 4.43. The predicted octanol–water partition coefficient (Wildman–Crippen LogP) is 1.62. The minimum atomic E-state index is -0.445. The Labute approximate surface area is 146 Å². The smallest absolute Gasteiger partial charge is 0.293 e. The van der Waals surface area contributed by atoms with Crippen molar-refractivity contribution in [1.82, 2.24) is 10.2 Å².